The number of hydrogen-bond acceptors (Lipinski definition) is 3. The smallest absolute Gasteiger partial charge is 0.269 e. The van der Waals surface area contributed by atoms with Crippen molar-refractivity contribution in [2.45, 2.75) is 20.3 Å². The Morgan fingerprint density at radius 3 is 1.67 bits per heavy atom. The van der Waals surface area contributed by atoms with Crippen LogP contribution in [0, 0.1) is 0 Å². The number of benzene rings is 2. The highest BCUT2D eigenvalue weighted by Gasteiger charge is 2.09. The largest absolute Gasteiger partial charge is 0.326 e. The molecule has 0 aromatic heterocycles. The van der Waals surface area contributed by atoms with E-state index >= 15 is 0 Å². The van der Waals surface area contributed by atoms with E-state index < -0.39 is 5.91 Å². The Labute approximate surface area is 140 Å². The van der Waals surface area contributed by atoms with Gasteiger partial charge in [0.05, 0.1) is 0 Å². The SMILES string of the molecule is CCc1ccc(C(=O)NNC(=O)c2ccc(NC(C)=O)cc2)cc1. The molecule has 2 aromatic carbocycles. The fraction of sp³-hybridized carbons (Fsp3) is 0.167. The van der Waals surface area contributed by atoms with E-state index in [2.05, 4.69) is 16.2 Å². The highest BCUT2D eigenvalue weighted by atomic mass is 16.2. The molecule has 0 saturated carbocycles. The van der Waals surface area contributed by atoms with E-state index in [4.69, 9.17) is 0 Å². The molecule has 0 spiro atoms. The quantitative estimate of drug-likeness (QED) is 0.754. The van der Waals surface area contributed by atoms with E-state index in [-0.39, 0.29) is 11.8 Å². The van der Waals surface area contributed by atoms with Gasteiger partial charge in [-0.3, -0.25) is 25.2 Å². The molecule has 0 aliphatic rings. The van der Waals surface area contributed by atoms with Crippen LogP contribution in [0.25, 0.3) is 0 Å². The molecular weight excluding hydrogens is 306 g/mol. The van der Waals surface area contributed by atoms with Gasteiger partial charge in [-0.2, -0.15) is 0 Å². The van der Waals surface area contributed by atoms with Crippen LogP contribution in [0.15, 0.2) is 48.5 Å². The number of hydrogen-bond donors (Lipinski definition) is 3. The molecule has 24 heavy (non-hydrogen) atoms. The van der Waals surface area contributed by atoms with Crippen LogP contribution >= 0.6 is 0 Å². The van der Waals surface area contributed by atoms with E-state index in [0.29, 0.717) is 16.8 Å². The van der Waals surface area contributed by atoms with E-state index in [1.165, 1.54) is 6.92 Å². The van der Waals surface area contributed by atoms with Crippen LogP contribution in [-0.4, -0.2) is 17.7 Å². The Hall–Kier alpha value is -3.15. The van der Waals surface area contributed by atoms with Crippen molar-refractivity contribution in [1.82, 2.24) is 10.9 Å². The molecule has 3 amide bonds. The zero-order valence-electron chi connectivity index (χ0n) is 13.6. The minimum Gasteiger partial charge on any atom is -0.326 e. The summed E-state index contributed by atoms with van der Waals surface area (Å²) in [5.74, 6) is -1.02. The van der Waals surface area contributed by atoms with Gasteiger partial charge >= 0.3 is 0 Å². The topological polar surface area (TPSA) is 87.3 Å². The van der Waals surface area contributed by atoms with Crippen molar-refractivity contribution >= 4 is 23.4 Å². The lowest BCUT2D eigenvalue weighted by Gasteiger charge is -2.08. The minimum atomic E-state index is -0.442. The van der Waals surface area contributed by atoms with Crippen LogP contribution < -0.4 is 16.2 Å². The van der Waals surface area contributed by atoms with Crippen LogP contribution in [0.3, 0.4) is 0 Å². The number of rotatable bonds is 4. The van der Waals surface area contributed by atoms with Crippen LogP contribution in [0.1, 0.15) is 40.1 Å². The molecule has 2 rings (SSSR count). The average molecular weight is 325 g/mol. The van der Waals surface area contributed by atoms with Crippen LogP contribution in [0.2, 0.25) is 0 Å². The summed E-state index contributed by atoms with van der Waals surface area (Å²) in [6, 6.07) is 13.5. The van der Waals surface area contributed by atoms with Crippen molar-refractivity contribution in [2.24, 2.45) is 0 Å². The first-order chi connectivity index (χ1) is 11.5. The summed E-state index contributed by atoms with van der Waals surface area (Å²) in [6.07, 6.45) is 0.896. The second-order valence-electron chi connectivity index (χ2n) is 5.22. The van der Waals surface area contributed by atoms with Crippen LogP contribution in [0.5, 0.6) is 0 Å². The molecule has 0 unspecified atom stereocenters. The molecule has 2 aromatic rings. The molecule has 0 radical (unpaired) electrons. The number of hydrazine groups is 1. The summed E-state index contributed by atoms with van der Waals surface area (Å²) in [5, 5.41) is 2.61. The molecule has 0 bridgehead atoms. The lowest BCUT2D eigenvalue weighted by molar-refractivity contribution is -0.114. The van der Waals surface area contributed by atoms with Gasteiger partial charge in [0.2, 0.25) is 5.91 Å². The third kappa shape index (κ3) is 4.67. The first-order valence-electron chi connectivity index (χ1n) is 7.57. The summed E-state index contributed by atoms with van der Waals surface area (Å²) < 4.78 is 0. The van der Waals surface area contributed by atoms with Gasteiger partial charge in [-0.15, -0.1) is 0 Å². The summed E-state index contributed by atoms with van der Waals surface area (Å²) >= 11 is 0. The third-order valence-corrected chi connectivity index (χ3v) is 3.38. The standard InChI is InChI=1S/C18H19N3O3/c1-3-13-4-6-14(7-5-13)17(23)20-21-18(24)15-8-10-16(11-9-15)19-12(2)22/h4-11H,3H2,1-2H3,(H,19,22)(H,20,23)(H,21,24). The number of amides is 3. The Kier molecular flexibility index (Phi) is 5.68. The molecule has 6 heteroatoms. The lowest BCUT2D eigenvalue weighted by atomic mass is 10.1. The van der Waals surface area contributed by atoms with Crippen molar-refractivity contribution < 1.29 is 14.4 Å². The molecule has 124 valence electrons. The summed E-state index contributed by atoms with van der Waals surface area (Å²) in [4.78, 5) is 34.9. The second-order valence-corrected chi connectivity index (χ2v) is 5.22. The molecule has 6 nitrogen and oxygen atoms in total. The summed E-state index contributed by atoms with van der Waals surface area (Å²) in [5.41, 5.74) is 7.30. The number of aryl methyl sites for hydroxylation is 1. The van der Waals surface area contributed by atoms with E-state index in [9.17, 15) is 14.4 Å². The Bertz CT molecular complexity index is 737. The van der Waals surface area contributed by atoms with Crippen LogP contribution in [0.4, 0.5) is 5.69 Å². The van der Waals surface area contributed by atoms with Gasteiger partial charge < -0.3 is 5.32 Å². The fourth-order valence-corrected chi connectivity index (χ4v) is 2.06. The van der Waals surface area contributed by atoms with Gasteiger partial charge in [0.15, 0.2) is 0 Å². The predicted octanol–water partition coefficient (Wildman–Crippen LogP) is 2.28. The van der Waals surface area contributed by atoms with Crippen LogP contribution in [-0.2, 0) is 11.2 Å². The van der Waals surface area contributed by atoms with E-state index in [1.807, 2.05) is 19.1 Å². The second kappa shape index (κ2) is 7.92. The van der Waals surface area contributed by atoms with Crippen molar-refractivity contribution in [1.29, 1.82) is 0 Å². The molecule has 0 atom stereocenters. The molecule has 0 heterocycles. The Balaban J connectivity index is 1.91. The molecule has 0 aliphatic heterocycles. The number of anilines is 1. The molecule has 0 fully saturated rings. The molecule has 3 N–H and O–H groups in total. The zero-order valence-corrected chi connectivity index (χ0v) is 13.6. The van der Waals surface area contributed by atoms with Crippen molar-refractivity contribution in [2.75, 3.05) is 5.32 Å². The van der Waals surface area contributed by atoms with Gasteiger partial charge in [-0.05, 0) is 48.4 Å². The van der Waals surface area contributed by atoms with Gasteiger partial charge in [0.1, 0.15) is 0 Å². The monoisotopic (exact) mass is 325 g/mol. The minimum absolute atomic E-state index is 0.187. The third-order valence-electron chi connectivity index (χ3n) is 3.38. The average Bonchev–Trinajstić information content (AvgIpc) is 2.59. The lowest BCUT2D eigenvalue weighted by Crippen LogP contribution is -2.41. The zero-order chi connectivity index (χ0) is 17.5. The van der Waals surface area contributed by atoms with Crippen molar-refractivity contribution in [3.63, 3.8) is 0 Å². The first-order valence-corrected chi connectivity index (χ1v) is 7.57. The predicted molar refractivity (Wildman–Crippen MR) is 91.5 cm³/mol. The summed E-state index contributed by atoms with van der Waals surface area (Å²) in [7, 11) is 0. The van der Waals surface area contributed by atoms with E-state index in [0.717, 1.165) is 12.0 Å². The number of carbonyl (C=O) groups is 3. The first kappa shape index (κ1) is 17.2. The maximum atomic E-state index is 12.0. The highest BCUT2D eigenvalue weighted by molar-refractivity contribution is 5.99. The van der Waals surface area contributed by atoms with Gasteiger partial charge in [-0.1, -0.05) is 19.1 Å². The summed E-state index contributed by atoms with van der Waals surface area (Å²) in [6.45, 7) is 3.44. The Morgan fingerprint density at radius 1 is 0.792 bits per heavy atom. The van der Waals surface area contributed by atoms with E-state index in [1.54, 1.807) is 36.4 Å². The maximum absolute atomic E-state index is 12.0. The number of carbonyl (C=O) groups excluding carboxylic acids is 3. The van der Waals surface area contributed by atoms with Gasteiger partial charge in [0, 0.05) is 23.7 Å². The maximum Gasteiger partial charge on any atom is 0.269 e. The van der Waals surface area contributed by atoms with Crippen molar-refractivity contribution in [3.8, 4) is 0 Å². The highest BCUT2D eigenvalue weighted by Crippen LogP contribution is 2.09. The molecule has 0 saturated heterocycles. The molecule has 0 aliphatic carbocycles. The number of nitrogens with one attached hydrogen (secondary N) is 3. The van der Waals surface area contributed by atoms with Gasteiger partial charge in [-0.25, -0.2) is 0 Å². The Morgan fingerprint density at radius 2 is 1.25 bits per heavy atom. The fourth-order valence-electron chi connectivity index (χ4n) is 2.06. The molecular formula is C18H19N3O3. The normalized spacial score (nSPS) is 9.92. The van der Waals surface area contributed by atoms with Crippen molar-refractivity contribution in [3.05, 3.63) is 65.2 Å². The van der Waals surface area contributed by atoms with Gasteiger partial charge in [0.25, 0.3) is 11.8 Å².